The summed E-state index contributed by atoms with van der Waals surface area (Å²) < 4.78 is 36.9. The van der Waals surface area contributed by atoms with E-state index < -0.39 is 16.0 Å². The van der Waals surface area contributed by atoms with Crippen LogP contribution in [0.15, 0.2) is 29.2 Å². The van der Waals surface area contributed by atoms with E-state index >= 15 is 0 Å². The highest BCUT2D eigenvalue weighted by Gasteiger charge is 2.19. The van der Waals surface area contributed by atoms with Crippen molar-refractivity contribution in [2.45, 2.75) is 30.3 Å². The monoisotopic (exact) mass is 313 g/mol. The molecular weight excluding hydrogens is 294 g/mol. The molecule has 21 heavy (non-hydrogen) atoms. The van der Waals surface area contributed by atoms with E-state index in [2.05, 4.69) is 9.46 Å². The summed E-state index contributed by atoms with van der Waals surface area (Å²) in [4.78, 5) is 11.5. The van der Waals surface area contributed by atoms with Crippen LogP contribution in [0.4, 0.5) is 0 Å². The summed E-state index contributed by atoms with van der Waals surface area (Å²) in [5.41, 5.74) is 0.208. The number of hydrogen-bond donors (Lipinski definition) is 1. The van der Waals surface area contributed by atoms with Crippen molar-refractivity contribution in [3.05, 3.63) is 29.8 Å². The van der Waals surface area contributed by atoms with Crippen molar-refractivity contribution in [1.82, 2.24) is 4.72 Å². The molecule has 0 amide bonds. The molecule has 7 heteroatoms. The van der Waals surface area contributed by atoms with E-state index in [0.717, 1.165) is 19.4 Å². The molecule has 1 atom stereocenters. The van der Waals surface area contributed by atoms with Crippen LogP contribution in [0.2, 0.25) is 0 Å². The van der Waals surface area contributed by atoms with Gasteiger partial charge in [0.1, 0.15) is 0 Å². The fraction of sp³-hybridized carbons (Fsp3) is 0.500. The molecule has 1 N–H and O–H groups in total. The van der Waals surface area contributed by atoms with E-state index in [-0.39, 0.29) is 16.6 Å². The Balaban J connectivity index is 1.99. The van der Waals surface area contributed by atoms with Crippen molar-refractivity contribution in [1.29, 1.82) is 0 Å². The number of carbonyl (C=O) groups is 1. The Kier molecular flexibility index (Phi) is 5.33. The molecule has 0 bridgehead atoms. The standard InChI is InChI=1S/C14H19NO5S/c1-19-14(16)11-4-2-6-13(10-11)21(17,18)15-8-7-12-5-3-9-20-12/h2,4,6,10,12,15H,3,5,7-9H2,1H3/t12-/m0/s1. The zero-order valence-corrected chi connectivity index (χ0v) is 12.7. The van der Waals surface area contributed by atoms with E-state index in [1.807, 2.05) is 0 Å². The lowest BCUT2D eigenvalue weighted by Crippen LogP contribution is -2.27. The maximum atomic E-state index is 12.2. The van der Waals surface area contributed by atoms with Crippen LogP contribution in [0, 0.1) is 0 Å². The Hall–Kier alpha value is -1.44. The van der Waals surface area contributed by atoms with Gasteiger partial charge in [0, 0.05) is 13.2 Å². The zero-order chi connectivity index (χ0) is 15.3. The second-order valence-electron chi connectivity index (χ2n) is 4.84. The van der Waals surface area contributed by atoms with E-state index in [0.29, 0.717) is 13.0 Å². The maximum Gasteiger partial charge on any atom is 0.337 e. The van der Waals surface area contributed by atoms with E-state index in [9.17, 15) is 13.2 Å². The summed E-state index contributed by atoms with van der Waals surface area (Å²) in [6.07, 6.45) is 2.78. The van der Waals surface area contributed by atoms with Gasteiger partial charge < -0.3 is 9.47 Å². The minimum Gasteiger partial charge on any atom is -0.465 e. The average Bonchev–Trinajstić information content (AvgIpc) is 2.99. The van der Waals surface area contributed by atoms with Gasteiger partial charge in [-0.1, -0.05) is 6.07 Å². The summed E-state index contributed by atoms with van der Waals surface area (Å²) >= 11 is 0. The number of hydrogen-bond acceptors (Lipinski definition) is 5. The second kappa shape index (κ2) is 7.02. The summed E-state index contributed by atoms with van der Waals surface area (Å²) in [5, 5.41) is 0. The van der Waals surface area contributed by atoms with E-state index in [4.69, 9.17) is 4.74 Å². The van der Waals surface area contributed by atoms with Crippen molar-refractivity contribution >= 4 is 16.0 Å². The number of nitrogens with one attached hydrogen (secondary N) is 1. The van der Waals surface area contributed by atoms with Gasteiger partial charge >= 0.3 is 5.97 Å². The molecule has 116 valence electrons. The number of rotatable bonds is 6. The van der Waals surface area contributed by atoms with Crippen LogP contribution in [0.25, 0.3) is 0 Å². The molecule has 0 radical (unpaired) electrons. The first-order chi connectivity index (χ1) is 10.0. The van der Waals surface area contributed by atoms with Gasteiger partial charge in [-0.05, 0) is 37.5 Å². The normalized spacial score (nSPS) is 18.6. The second-order valence-corrected chi connectivity index (χ2v) is 6.61. The van der Waals surface area contributed by atoms with Crippen molar-refractivity contribution in [2.24, 2.45) is 0 Å². The first-order valence-electron chi connectivity index (χ1n) is 6.82. The van der Waals surface area contributed by atoms with Crippen LogP contribution in [-0.2, 0) is 19.5 Å². The van der Waals surface area contributed by atoms with Gasteiger partial charge in [-0.2, -0.15) is 0 Å². The minimum atomic E-state index is -3.63. The molecule has 1 aromatic carbocycles. The fourth-order valence-corrected chi connectivity index (χ4v) is 3.31. The molecule has 6 nitrogen and oxygen atoms in total. The smallest absolute Gasteiger partial charge is 0.337 e. The molecule has 2 rings (SSSR count). The summed E-state index contributed by atoms with van der Waals surface area (Å²) in [7, 11) is -2.38. The Morgan fingerprint density at radius 2 is 2.29 bits per heavy atom. The lowest BCUT2D eigenvalue weighted by molar-refractivity contribution is 0.0600. The molecule has 0 aromatic heterocycles. The Morgan fingerprint density at radius 1 is 1.48 bits per heavy atom. The molecule has 1 heterocycles. The zero-order valence-electron chi connectivity index (χ0n) is 11.9. The van der Waals surface area contributed by atoms with E-state index in [1.165, 1.54) is 31.4 Å². The van der Waals surface area contributed by atoms with Crippen molar-refractivity contribution in [3.63, 3.8) is 0 Å². The number of carbonyl (C=O) groups excluding carboxylic acids is 1. The van der Waals surface area contributed by atoms with Crippen LogP contribution >= 0.6 is 0 Å². The largest absolute Gasteiger partial charge is 0.465 e. The molecule has 0 spiro atoms. The van der Waals surface area contributed by atoms with Crippen molar-refractivity contribution in [2.75, 3.05) is 20.3 Å². The molecule has 1 aliphatic heterocycles. The number of sulfonamides is 1. The number of ether oxygens (including phenoxy) is 2. The molecule has 1 aliphatic rings. The molecule has 1 fully saturated rings. The van der Waals surface area contributed by atoms with Crippen molar-refractivity contribution < 1.29 is 22.7 Å². The Labute approximate surface area is 124 Å². The molecular formula is C14H19NO5S. The summed E-state index contributed by atoms with van der Waals surface area (Å²) in [6, 6.07) is 5.78. The lowest BCUT2D eigenvalue weighted by Gasteiger charge is -2.11. The predicted octanol–water partition coefficient (Wildman–Crippen LogP) is 1.32. The first-order valence-corrected chi connectivity index (χ1v) is 8.31. The Morgan fingerprint density at radius 3 is 2.95 bits per heavy atom. The SMILES string of the molecule is COC(=O)c1cccc(S(=O)(=O)NCC[C@@H]2CCCO2)c1. The highest BCUT2D eigenvalue weighted by molar-refractivity contribution is 7.89. The van der Waals surface area contributed by atoms with Crippen LogP contribution in [0.1, 0.15) is 29.6 Å². The average molecular weight is 313 g/mol. The first kappa shape index (κ1) is 15.9. The van der Waals surface area contributed by atoms with E-state index in [1.54, 1.807) is 0 Å². The van der Waals surface area contributed by atoms with Gasteiger partial charge in [0.15, 0.2) is 0 Å². The van der Waals surface area contributed by atoms with Gasteiger partial charge in [-0.25, -0.2) is 17.9 Å². The van der Waals surface area contributed by atoms with Crippen LogP contribution in [-0.4, -0.2) is 40.8 Å². The van der Waals surface area contributed by atoms with Crippen molar-refractivity contribution in [3.8, 4) is 0 Å². The molecule has 1 aromatic rings. The molecule has 0 aliphatic carbocycles. The fourth-order valence-electron chi connectivity index (χ4n) is 2.22. The molecule has 1 saturated heterocycles. The van der Waals surface area contributed by atoms with Crippen LogP contribution in [0.3, 0.4) is 0 Å². The third kappa shape index (κ3) is 4.26. The number of benzene rings is 1. The van der Waals surface area contributed by atoms with Gasteiger partial charge in [0.25, 0.3) is 0 Å². The van der Waals surface area contributed by atoms with Gasteiger partial charge in [-0.3, -0.25) is 0 Å². The maximum absolute atomic E-state index is 12.2. The quantitative estimate of drug-likeness (QED) is 0.801. The van der Waals surface area contributed by atoms with Gasteiger partial charge in [-0.15, -0.1) is 0 Å². The third-order valence-electron chi connectivity index (χ3n) is 3.35. The highest BCUT2D eigenvalue weighted by atomic mass is 32.2. The summed E-state index contributed by atoms with van der Waals surface area (Å²) in [5.74, 6) is -0.564. The van der Waals surface area contributed by atoms with Crippen LogP contribution in [0.5, 0.6) is 0 Å². The predicted molar refractivity (Wildman–Crippen MR) is 76.6 cm³/mol. The van der Waals surface area contributed by atoms with Crippen LogP contribution < -0.4 is 4.72 Å². The van der Waals surface area contributed by atoms with Gasteiger partial charge in [0.2, 0.25) is 10.0 Å². The van der Waals surface area contributed by atoms with Gasteiger partial charge in [0.05, 0.1) is 23.7 Å². The number of esters is 1. The molecule has 0 unspecified atom stereocenters. The lowest BCUT2D eigenvalue weighted by atomic mass is 10.2. The highest BCUT2D eigenvalue weighted by Crippen LogP contribution is 2.16. The Bertz CT molecular complexity index is 593. The topological polar surface area (TPSA) is 81.7 Å². The minimum absolute atomic E-state index is 0.0535. The third-order valence-corrected chi connectivity index (χ3v) is 4.81. The summed E-state index contributed by atoms with van der Waals surface area (Å²) in [6.45, 7) is 1.06. The molecule has 0 saturated carbocycles. The number of methoxy groups -OCH3 is 1.